The van der Waals surface area contributed by atoms with Crippen LogP contribution in [0, 0.1) is 0 Å². The van der Waals surface area contributed by atoms with E-state index in [4.69, 9.17) is 9.47 Å². The van der Waals surface area contributed by atoms with Gasteiger partial charge in [-0.1, -0.05) is 34.1 Å². The number of carbonyl (C=O) groups excluding carboxylic acids is 2. The Morgan fingerprint density at radius 2 is 1.75 bits per heavy atom. The van der Waals surface area contributed by atoms with Crippen LogP contribution in [-0.2, 0) is 9.59 Å². The number of anilines is 1. The largest absolute Gasteiger partial charge is 0.493 e. The Labute approximate surface area is 172 Å². The molecule has 1 heterocycles. The average molecular weight is 445 g/mol. The molecule has 0 spiro atoms. The lowest BCUT2D eigenvalue weighted by Gasteiger charge is -2.23. The Kier molecular flexibility index (Phi) is 5.47. The number of halogens is 1. The topological polar surface area (TPSA) is 67.9 Å². The van der Waals surface area contributed by atoms with Crippen LogP contribution in [0.3, 0.4) is 0 Å². The van der Waals surface area contributed by atoms with Crippen molar-refractivity contribution in [1.29, 1.82) is 0 Å². The molecule has 0 aliphatic carbocycles. The maximum atomic E-state index is 12.7. The lowest BCUT2D eigenvalue weighted by molar-refractivity contribution is -0.117. The van der Waals surface area contributed by atoms with E-state index in [1.165, 1.54) is 11.1 Å². The van der Waals surface area contributed by atoms with Crippen LogP contribution in [0.5, 0.6) is 11.5 Å². The normalized spacial score (nSPS) is 15.8. The fraction of sp³-hybridized carbons (Fsp3) is 0.238. The lowest BCUT2D eigenvalue weighted by atomic mass is 10.1. The van der Waals surface area contributed by atoms with Gasteiger partial charge in [-0.15, -0.1) is 0 Å². The van der Waals surface area contributed by atoms with Gasteiger partial charge >= 0.3 is 0 Å². The molecule has 28 heavy (non-hydrogen) atoms. The van der Waals surface area contributed by atoms with E-state index in [0.717, 1.165) is 0 Å². The van der Waals surface area contributed by atoms with Crippen molar-refractivity contribution in [2.24, 2.45) is 0 Å². The maximum absolute atomic E-state index is 12.7. The lowest BCUT2D eigenvalue weighted by Crippen LogP contribution is -2.35. The van der Waals surface area contributed by atoms with Gasteiger partial charge in [0, 0.05) is 4.47 Å². The van der Waals surface area contributed by atoms with E-state index < -0.39 is 17.4 Å². The molecule has 146 valence electrons. The zero-order chi connectivity index (χ0) is 20.5. The third-order valence-electron chi connectivity index (χ3n) is 3.90. The summed E-state index contributed by atoms with van der Waals surface area (Å²) in [4.78, 5) is 25.1. The highest BCUT2D eigenvalue weighted by atomic mass is 79.9. The molecule has 0 aromatic heterocycles. The second-order valence-electron chi connectivity index (χ2n) is 7.21. The summed E-state index contributed by atoms with van der Waals surface area (Å²) < 4.78 is 12.0. The number of benzene rings is 2. The van der Waals surface area contributed by atoms with E-state index in [-0.39, 0.29) is 5.57 Å². The average Bonchev–Trinajstić information content (AvgIpc) is 2.91. The summed E-state index contributed by atoms with van der Waals surface area (Å²) >= 11 is 3.49. The smallest absolute Gasteiger partial charge is 0.282 e. The summed E-state index contributed by atoms with van der Waals surface area (Å²) in [6, 6.07) is 12.4. The fourth-order valence-electron chi connectivity index (χ4n) is 2.70. The highest BCUT2D eigenvalue weighted by Crippen LogP contribution is 2.37. The van der Waals surface area contributed by atoms with Crippen molar-refractivity contribution in [2.45, 2.75) is 26.4 Å². The van der Waals surface area contributed by atoms with Gasteiger partial charge in [0.15, 0.2) is 11.5 Å². The minimum Gasteiger partial charge on any atom is -0.493 e. The van der Waals surface area contributed by atoms with E-state index in [2.05, 4.69) is 21.4 Å². The number of amides is 2. The van der Waals surface area contributed by atoms with Crippen molar-refractivity contribution < 1.29 is 19.1 Å². The van der Waals surface area contributed by atoms with Gasteiger partial charge in [0.05, 0.1) is 12.8 Å². The number of hydrogen-bond acceptors (Lipinski definition) is 4. The van der Waals surface area contributed by atoms with Crippen LogP contribution >= 0.6 is 15.9 Å². The second kappa shape index (κ2) is 7.67. The molecule has 1 aliphatic rings. The van der Waals surface area contributed by atoms with Crippen molar-refractivity contribution in [3.05, 3.63) is 58.1 Å². The van der Waals surface area contributed by atoms with Gasteiger partial charge in [0.1, 0.15) is 11.2 Å². The van der Waals surface area contributed by atoms with Crippen molar-refractivity contribution in [3.8, 4) is 11.5 Å². The van der Waals surface area contributed by atoms with Gasteiger partial charge < -0.3 is 9.47 Å². The summed E-state index contributed by atoms with van der Waals surface area (Å²) in [5, 5.41) is 1.23. The summed E-state index contributed by atoms with van der Waals surface area (Å²) in [5.74, 6) is 0.194. The first kappa shape index (κ1) is 19.9. The van der Waals surface area contributed by atoms with Crippen molar-refractivity contribution >= 4 is 39.5 Å². The molecule has 0 radical (unpaired) electrons. The molecule has 0 bridgehead atoms. The number of rotatable bonds is 4. The number of methoxy groups -OCH3 is 1. The first-order valence-corrected chi connectivity index (χ1v) is 9.47. The number of carbonyl (C=O) groups is 2. The number of hydrazine groups is 1. The molecule has 0 atom stereocenters. The first-order valence-electron chi connectivity index (χ1n) is 8.68. The molecule has 1 saturated heterocycles. The molecule has 1 aliphatic heterocycles. The van der Waals surface area contributed by atoms with Crippen LogP contribution < -0.4 is 19.9 Å². The number of nitrogens with zero attached hydrogens (tertiary/aromatic N) is 1. The SMILES string of the molecule is COc1cc(C=C2C(=O)NN(c3ccccc3)C2=O)c(Br)cc1OC(C)(C)C. The van der Waals surface area contributed by atoms with E-state index in [1.807, 2.05) is 26.8 Å². The minimum atomic E-state index is -0.463. The van der Waals surface area contributed by atoms with Gasteiger partial charge in [-0.05, 0) is 56.7 Å². The molecular formula is C21H21BrN2O4. The van der Waals surface area contributed by atoms with Gasteiger partial charge in [-0.25, -0.2) is 5.01 Å². The Morgan fingerprint density at radius 1 is 1.07 bits per heavy atom. The number of hydrogen-bond donors (Lipinski definition) is 1. The zero-order valence-electron chi connectivity index (χ0n) is 16.1. The predicted molar refractivity (Wildman–Crippen MR) is 111 cm³/mol. The monoisotopic (exact) mass is 444 g/mol. The fourth-order valence-corrected chi connectivity index (χ4v) is 3.14. The molecule has 6 nitrogen and oxygen atoms in total. The number of para-hydroxylation sites is 1. The van der Waals surface area contributed by atoms with Crippen LogP contribution in [0.25, 0.3) is 6.08 Å². The Morgan fingerprint density at radius 3 is 2.36 bits per heavy atom. The Bertz CT molecular complexity index is 949. The van der Waals surface area contributed by atoms with Gasteiger partial charge in [-0.3, -0.25) is 15.0 Å². The van der Waals surface area contributed by atoms with Gasteiger partial charge in [0.25, 0.3) is 11.8 Å². The van der Waals surface area contributed by atoms with E-state index in [1.54, 1.807) is 43.5 Å². The molecule has 1 fully saturated rings. The number of ether oxygens (including phenoxy) is 2. The molecule has 2 aromatic carbocycles. The third kappa shape index (κ3) is 4.20. The minimum absolute atomic E-state index is 0.0381. The Hall–Kier alpha value is -2.80. The van der Waals surface area contributed by atoms with Gasteiger partial charge in [0.2, 0.25) is 0 Å². The molecule has 2 aromatic rings. The van der Waals surface area contributed by atoms with Crippen LogP contribution in [0.1, 0.15) is 26.3 Å². The number of nitrogens with one attached hydrogen (secondary N) is 1. The maximum Gasteiger partial charge on any atom is 0.282 e. The van der Waals surface area contributed by atoms with Crippen LogP contribution in [0.15, 0.2) is 52.5 Å². The third-order valence-corrected chi connectivity index (χ3v) is 4.59. The summed E-state index contributed by atoms with van der Waals surface area (Å²) in [6.07, 6.45) is 1.54. The molecule has 7 heteroatoms. The van der Waals surface area contributed by atoms with Crippen molar-refractivity contribution in [1.82, 2.24) is 5.43 Å². The van der Waals surface area contributed by atoms with Crippen LogP contribution in [-0.4, -0.2) is 24.5 Å². The molecule has 1 N–H and O–H groups in total. The molecule has 3 rings (SSSR count). The van der Waals surface area contributed by atoms with E-state index in [9.17, 15) is 9.59 Å². The van der Waals surface area contributed by atoms with Gasteiger partial charge in [-0.2, -0.15) is 0 Å². The molecule has 0 saturated carbocycles. The standard InChI is InChI=1S/C21H21BrN2O4/c1-21(2,3)28-18-12-16(22)13(11-17(18)27-4)10-15-19(25)23-24(20(15)26)14-8-6-5-7-9-14/h5-12H,1-4H3,(H,23,25). The summed E-state index contributed by atoms with van der Waals surface area (Å²) in [7, 11) is 1.54. The van der Waals surface area contributed by atoms with Crippen LogP contribution in [0.4, 0.5) is 5.69 Å². The highest BCUT2D eigenvalue weighted by molar-refractivity contribution is 9.10. The highest BCUT2D eigenvalue weighted by Gasteiger charge is 2.34. The van der Waals surface area contributed by atoms with Crippen LogP contribution in [0.2, 0.25) is 0 Å². The second-order valence-corrected chi connectivity index (χ2v) is 8.07. The van der Waals surface area contributed by atoms with Crippen molar-refractivity contribution in [2.75, 3.05) is 12.1 Å². The summed E-state index contributed by atoms with van der Waals surface area (Å²) in [6.45, 7) is 5.82. The summed E-state index contributed by atoms with van der Waals surface area (Å²) in [5.41, 5.74) is 3.45. The first-order chi connectivity index (χ1) is 13.2. The Balaban J connectivity index is 1.97. The molecule has 2 amide bonds. The van der Waals surface area contributed by atoms with E-state index in [0.29, 0.717) is 27.2 Å². The van der Waals surface area contributed by atoms with E-state index >= 15 is 0 Å². The predicted octanol–water partition coefficient (Wildman–Crippen LogP) is 4.10. The molecule has 0 unspecified atom stereocenters. The van der Waals surface area contributed by atoms with Crippen molar-refractivity contribution in [3.63, 3.8) is 0 Å². The quantitative estimate of drug-likeness (QED) is 0.569. The zero-order valence-corrected chi connectivity index (χ0v) is 17.7. The molecular weight excluding hydrogens is 424 g/mol.